The van der Waals surface area contributed by atoms with E-state index in [0.717, 1.165) is 27.7 Å². The molecule has 3 aromatic rings. The first-order valence-electron chi connectivity index (χ1n) is 5.92. The van der Waals surface area contributed by atoms with E-state index < -0.39 is 0 Å². The van der Waals surface area contributed by atoms with Crippen molar-refractivity contribution in [3.63, 3.8) is 0 Å². The standard InChI is InChI=1S/C15H12N3O/c1-16-14-9-17-18-13-8-10(6-7-12(13)14)11-4-2-3-5-15(11)19/h3-9,19H,1H3,(H,16,18). The third kappa shape index (κ3) is 1.97. The van der Waals surface area contributed by atoms with Crippen LogP contribution in [0.1, 0.15) is 0 Å². The normalized spacial score (nSPS) is 10.6. The maximum absolute atomic E-state index is 9.87. The Kier molecular flexibility index (Phi) is 2.76. The van der Waals surface area contributed by atoms with E-state index in [-0.39, 0.29) is 5.75 Å². The van der Waals surface area contributed by atoms with Crippen molar-refractivity contribution in [2.24, 2.45) is 0 Å². The predicted octanol–water partition coefficient (Wildman–Crippen LogP) is 2.84. The lowest BCUT2D eigenvalue weighted by Gasteiger charge is -2.07. The molecule has 19 heavy (non-hydrogen) atoms. The molecule has 0 saturated heterocycles. The van der Waals surface area contributed by atoms with Gasteiger partial charge in [-0.2, -0.15) is 10.2 Å². The molecular weight excluding hydrogens is 238 g/mol. The van der Waals surface area contributed by atoms with E-state index in [1.807, 2.05) is 25.2 Å². The first-order chi connectivity index (χ1) is 9.29. The van der Waals surface area contributed by atoms with Crippen molar-refractivity contribution in [3.05, 3.63) is 48.7 Å². The number of phenols is 1. The molecule has 3 rings (SSSR count). The fraction of sp³-hybridized carbons (Fsp3) is 0.0667. The molecule has 0 fully saturated rings. The van der Waals surface area contributed by atoms with Crippen LogP contribution in [0.4, 0.5) is 5.69 Å². The van der Waals surface area contributed by atoms with Crippen LogP contribution in [0, 0.1) is 6.07 Å². The molecule has 1 heterocycles. The predicted molar refractivity (Wildman–Crippen MR) is 75.0 cm³/mol. The third-order valence-corrected chi connectivity index (χ3v) is 3.06. The van der Waals surface area contributed by atoms with Gasteiger partial charge in [0.1, 0.15) is 5.75 Å². The van der Waals surface area contributed by atoms with Gasteiger partial charge in [-0.1, -0.05) is 12.1 Å². The molecule has 4 nitrogen and oxygen atoms in total. The smallest absolute Gasteiger partial charge is 0.123 e. The Morgan fingerprint density at radius 2 is 2.16 bits per heavy atom. The Balaban J connectivity index is 2.20. The van der Waals surface area contributed by atoms with Crippen LogP contribution >= 0.6 is 0 Å². The van der Waals surface area contributed by atoms with E-state index >= 15 is 0 Å². The Morgan fingerprint density at radius 3 is 2.95 bits per heavy atom. The number of nitrogens with zero attached hydrogens (tertiary/aromatic N) is 2. The number of anilines is 1. The van der Waals surface area contributed by atoms with Gasteiger partial charge in [-0.3, -0.25) is 0 Å². The molecular formula is C15H12N3O. The van der Waals surface area contributed by atoms with Gasteiger partial charge in [-0.15, -0.1) is 0 Å². The highest BCUT2D eigenvalue weighted by Crippen LogP contribution is 2.31. The van der Waals surface area contributed by atoms with Gasteiger partial charge >= 0.3 is 0 Å². The lowest BCUT2D eigenvalue weighted by atomic mass is 10.0. The summed E-state index contributed by atoms with van der Waals surface area (Å²) < 4.78 is 0. The van der Waals surface area contributed by atoms with Crippen molar-refractivity contribution in [1.82, 2.24) is 10.2 Å². The van der Waals surface area contributed by atoms with Crippen molar-refractivity contribution >= 4 is 16.6 Å². The van der Waals surface area contributed by atoms with E-state index in [1.54, 1.807) is 24.4 Å². The van der Waals surface area contributed by atoms with Crippen LogP contribution in [-0.2, 0) is 0 Å². The van der Waals surface area contributed by atoms with Gasteiger partial charge < -0.3 is 10.4 Å². The minimum atomic E-state index is 0.232. The van der Waals surface area contributed by atoms with E-state index in [2.05, 4.69) is 21.6 Å². The van der Waals surface area contributed by atoms with E-state index in [0.29, 0.717) is 0 Å². The minimum Gasteiger partial charge on any atom is -0.507 e. The fourth-order valence-corrected chi connectivity index (χ4v) is 2.08. The van der Waals surface area contributed by atoms with Crippen LogP contribution < -0.4 is 5.32 Å². The molecule has 0 aliphatic rings. The van der Waals surface area contributed by atoms with Crippen molar-refractivity contribution in [2.45, 2.75) is 0 Å². The number of hydrogen-bond acceptors (Lipinski definition) is 4. The summed E-state index contributed by atoms with van der Waals surface area (Å²) in [7, 11) is 1.85. The topological polar surface area (TPSA) is 58.0 Å². The first kappa shape index (κ1) is 11.5. The number of aromatic nitrogens is 2. The minimum absolute atomic E-state index is 0.232. The Hall–Kier alpha value is -2.62. The Morgan fingerprint density at radius 1 is 1.26 bits per heavy atom. The molecule has 1 aromatic heterocycles. The van der Waals surface area contributed by atoms with Crippen molar-refractivity contribution in [3.8, 4) is 16.9 Å². The van der Waals surface area contributed by atoms with Crippen LogP contribution in [0.25, 0.3) is 22.0 Å². The van der Waals surface area contributed by atoms with E-state index in [9.17, 15) is 5.11 Å². The summed E-state index contributed by atoms with van der Waals surface area (Å²) in [6.07, 6.45) is 1.69. The number of aromatic hydroxyl groups is 1. The molecule has 0 unspecified atom stereocenters. The fourth-order valence-electron chi connectivity index (χ4n) is 2.08. The monoisotopic (exact) mass is 250 g/mol. The lowest BCUT2D eigenvalue weighted by Crippen LogP contribution is -1.93. The highest BCUT2D eigenvalue weighted by atomic mass is 16.3. The molecule has 0 saturated carbocycles. The van der Waals surface area contributed by atoms with Crippen LogP contribution in [0.5, 0.6) is 5.75 Å². The van der Waals surface area contributed by atoms with Crippen LogP contribution in [-0.4, -0.2) is 22.4 Å². The molecule has 0 spiro atoms. The van der Waals surface area contributed by atoms with Crippen molar-refractivity contribution in [1.29, 1.82) is 0 Å². The molecule has 2 N–H and O–H groups in total. The van der Waals surface area contributed by atoms with Crippen molar-refractivity contribution in [2.75, 3.05) is 12.4 Å². The largest absolute Gasteiger partial charge is 0.507 e. The highest BCUT2D eigenvalue weighted by molar-refractivity contribution is 5.93. The average Bonchev–Trinajstić information content (AvgIpc) is 2.46. The molecule has 1 radical (unpaired) electrons. The number of phenolic OH excluding ortho intramolecular Hbond substituents is 1. The Bertz CT molecular complexity index is 740. The maximum atomic E-state index is 9.87. The summed E-state index contributed by atoms with van der Waals surface area (Å²) >= 11 is 0. The average molecular weight is 250 g/mol. The molecule has 0 amide bonds. The lowest BCUT2D eigenvalue weighted by molar-refractivity contribution is 0.477. The highest BCUT2D eigenvalue weighted by Gasteiger charge is 2.07. The second-order valence-corrected chi connectivity index (χ2v) is 4.18. The summed E-state index contributed by atoms with van der Waals surface area (Å²) in [5.74, 6) is 0.232. The first-order valence-corrected chi connectivity index (χ1v) is 5.92. The van der Waals surface area contributed by atoms with Crippen LogP contribution in [0.15, 0.2) is 42.6 Å². The van der Waals surface area contributed by atoms with Gasteiger partial charge in [-0.05, 0) is 35.9 Å². The number of fused-ring (bicyclic) bond motifs is 1. The van der Waals surface area contributed by atoms with Crippen molar-refractivity contribution < 1.29 is 5.11 Å². The molecule has 0 aliphatic carbocycles. The summed E-state index contributed by atoms with van der Waals surface area (Å²) in [5.41, 5.74) is 3.35. The second kappa shape index (κ2) is 4.57. The summed E-state index contributed by atoms with van der Waals surface area (Å²) in [4.78, 5) is 0. The maximum Gasteiger partial charge on any atom is 0.123 e. The number of nitrogens with one attached hydrogen (secondary N) is 1. The zero-order chi connectivity index (χ0) is 13.2. The molecule has 93 valence electrons. The number of hydrogen-bond donors (Lipinski definition) is 2. The number of benzene rings is 2. The van der Waals surface area contributed by atoms with Gasteiger partial charge in [0.25, 0.3) is 0 Å². The van der Waals surface area contributed by atoms with E-state index in [1.165, 1.54) is 0 Å². The third-order valence-electron chi connectivity index (χ3n) is 3.06. The molecule has 0 aliphatic heterocycles. The summed E-state index contributed by atoms with van der Waals surface area (Å²) in [5, 5.41) is 22.0. The molecule has 2 aromatic carbocycles. The van der Waals surface area contributed by atoms with Gasteiger partial charge in [0.2, 0.25) is 0 Å². The van der Waals surface area contributed by atoms with Crippen LogP contribution in [0.3, 0.4) is 0 Å². The van der Waals surface area contributed by atoms with Gasteiger partial charge in [0.05, 0.1) is 17.4 Å². The van der Waals surface area contributed by atoms with Gasteiger partial charge in [-0.25, -0.2) is 0 Å². The van der Waals surface area contributed by atoms with Gasteiger partial charge in [0.15, 0.2) is 0 Å². The number of rotatable bonds is 2. The second-order valence-electron chi connectivity index (χ2n) is 4.18. The zero-order valence-corrected chi connectivity index (χ0v) is 10.4. The molecule has 0 atom stereocenters. The van der Waals surface area contributed by atoms with Gasteiger partial charge in [0, 0.05) is 18.0 Å². The summed E-state index contributed by atoms with van der Waals surface area (Å²) in [6, 6.07) is 13.8. The Labute approximate surface area is 110 Å². The molecule has 4 heteroatoms. The SMILES string of the molecule is CNc1cnnc2cc(-c3c[c]ccc3O)ccc12. The van der Waals surface area contributed by atoms with Crippen LogP contribution in [0.2, 0.25) is 0 Å². The summed E-state index contributed by atoms with van der Waals surface area (Å²) in [6.45, 7) is 0. The van der Waals surface area contributed by atoms with E-state index in [4.69, 9.17) is 0 Å². The molecule has 0 bridgehead atoms. The zero-order valence-electron chi connectivity index (χ0n) is 10.4. The quantitative estimate of drug-likeness (QED) is 0.734.